The topological polar surface area (TPSA) is 45.2 Å². The van der Waals surface area contributed by atoms with Gasteiger partial charge in [-0.25, -0.2) is 0 Å². The maximum atomic E-state index is 12.0. The van der Waals surface area contributed by atoms with Crippen molar-refractivity contribution in [3.05, 3.63) is 30.1 Å². The third-order valence-corrected chi connectivity index (χ3v) is 3.49. The van der Waals surface area contributed by atoms with Gasteiger partial charge in [-0.2, -0.15) is 0 Å². The molecule has 0 spiro atoms. The summed E-state index contributed by atoms with van der Waals surface area (Å²) in [5, 5.41) is 3.36. The van der Waals surface area contributed by atoms with Gasteiger partial charge in [-0.15, -0.1) is 24.8 Å². The Morgan fingerprint density at radius 2 is 2.10 bits per heavy atom. The maximum Gasteiger partial charge on any atom is 0.223 e. The Balaban J connectivity index is 0.00000180. The lowest BCUT2D eigenvalue weighted by atomic mass is 10.1. The van der Waals surface area contributed by atoms with Gasteiger partial charge in [0.05, 0.1) is 0 Å². The zero-order valence-corrected chi connectivity index (χ0v) is 13.4. The average molecular weight is 320 g/mol. The van der Waals surface area contributed by atoms with Crippen LogP contribution in [-0.2, 0) is 11.2 Å². The van der Waals surface area contributed by atoms with Crippen molar-refractivity contribution in [2.45, 2.75) is 31.7 Å². The molecule has 1 aromatic rings. The monoisotopic (exact) mass is 319 g/mol. The highest BCUT2D eigenvalue weighted by molar-refractivity contribution is 5.85. The van der Waals surface area contributed by atoms with Gasteiger partial charge in [-0.1, -0.05) is 0 Å². The van der Waals surface area contributed by atoms with E-state index >= 15 is 0 Å². The van der Waals surface area contributed by atoms with Crippen molar-refractivity contribution in [2.24, 2.45) is 0 Å². The first-order valence-corrected chi connectivity index (χ1v) is 6.62. The van der Waals surface area contributed by atoms with E-state index in [1.807, 2.05) is 24.1 Å². The summed E-state index contributed by atoms with van der Waals surface area (Å²) in [5.74, 6) is 0.239. The van der Waals surface area contributed by atoms with Gasteiger partial charge in [0.1, 0.15) is 0 Å². The molecule has 1 saturated heterocycles. The molecule has 0 radical (unpaired) electrons. The molecule has 2 rings (SSSR count). The standard InChI is InChI=1S/C14H21N3O.2ClH/c1-17(10-6-12-4-8-15-9-5-12)14(18)11-13-3-2-7-16-13;;/h4-5,8-9,13,16H,2-3,6-7,10-11H2,1H3;2*1H. The number of nitrogens with zero attached hydrogens (tertiary/aromatic N) is 2. The molecule has 1 amide bonds. The Hall–Kier alpha value is -0.840. The molecular weight excluding hydrogens is 297 g/mol. The lowest BCUT2D eigenvalue weighted by Gasteiger charge is -2.19. The zero-order chi connectivity index (χ0) is 12.8. The Bertz CT molecular complexity index is 383. The molecule has 0 bridgehead atoms. The number of rotatable bonds is 5. The van der Waals surface area contributed by atoms with Gasteiger partial charge in [0.2, 0.25) is 5.91 Å². The third-order valence-electron chi connectivity index (χ3n) is 3.49. The molecule has 20 heavy (non-hydrogen) atoms. The van der Waals surface area contributed by atoms with Crippen LogP contribution in [-0.4, -0.2) is 42.0 Å². The van der Waals surface area contributed by atoms with Crippen LogP contribution in [0.2, 0.25) is 0 Å². The predicted octanol–water partition coefficient (Wildman–Crippen LogP) is 2.07. The van der Waals surface area contributed by atoms with Crippen molar-refractivity contribution in [3.8, 4) is 0 Å². The first kappa shape index (κ1) is 19.2. The van der Waals surface area contributed by atoms with E-state index in [0.29, 0.717) is 12.5 Å². The minimum absolute atomic E-state index is 0. The number of likely N-dealkylation sites (N-methyl/N-ethyl adjacent to an activating group) is 1. The van der Waals surface area contributed by atoms with Crippen molar-refractivity contribution < 1.29 is 4.79 Å². The summed E-state index contributed by atoms with van der Waals surface area (Å²) in [6.45, 7) is 1.83. The molecule has 114 valence electrons. The number of amides is 1. The summed E-state index contributed by atoms with van der Waals surface area (Å²) in [5.41, 5.74) is 1.23. The largest absolute Gasteiger partial charge is 0.345 e. The van der Waals surface area contributed by atoms with Crippen molar-refractivity contribution in [1.29, 1.82) is 0 Å². The molecule has 1 atom stereocenters. The van der Waals surface area contributed by atoms with Crippen LogP contribution in [0.4, 0.5) is 0 Å². The number of pyridine rings is 1. The van der Waals surface area contributed by atoms with Gasteiger partial charge in [0.15, 0.2) is 0 Å². The van der Waals surface area contributed by atoms with E-state index in [1.165, 1.54) is 12.0 Å². The second-order valence-electron chi connectivity index (χ2n) is 4.92. The Labute approximate surface area is 133 Å². The van der Waals surface area contributed by atoms with Crippen LogP contribution in [0.5, 0.6) is 0 Å². The Morgan fingerprint density at radius 1 is 1.40 bits per heavy atom. The summed E-state index contributed by atoms with van der Waals surface area (Å²) in [6.07, 6.45) is 7.43. The van der Waals surface area contributed by atoms with E-state index in [4.69, 9.17) is 0 Å². The molecule has 0 saturated carbocycles. The van der Waals surface area contributed by atoms with Gasteiger partial charge >= 0.3 is 0 Å². The van der Waals surface area contributed by atoms with Crippen molar-refractivity contribution in [1.82, 2.24) is 15.2 Å². The molecule has 1 fully saturated rings. The number of carbonyl (C=O) groups is 1. The number of hydrogen-bond donors (Lipinski definition) is 1. The van der Waals surface area contributed by atoms with Crippen molar-refractivity contribution in [3.63, 3.8) is 0 Å². The average Bonchev–Trinajstić information content (AvgIpc) is 2.90. The van der Waals surface area contributed by atoms with Crippen LogP contribution < -0.4 is 5.32 Å². The smallest absolute Gasteiger partial charge is 0.223 e. The normalized spacial score (nSPS) is 16.9. The second-order valence-corrected chi connectivity index (χ2v) is 4.92. The summed E-state index contributed by atoms with van der Waals surface area (Å²) in [4.78, 5) is 17.8. The molecule has 0 aliphatic carbocycles. The SMILES string of the molecule is CN(CCc1ccncc1)C(=O)CC1CCCN1.Cl.Cl. The molecule has 1 unspecified atom stereocenters. The van der Waals surface area contributed by atoms with Crippen molar-refractivity contribution in [2.75, 3.05) is 20.1 Å². The lowest BCUT2D eigenvalue weighted by molar-refractivity contribution is -0.130. The highest BCUT2D eigenvalue weighted by atomic mass is 35.5. The van der Waals surface area contributed by atoms with E-state index in [9.17, 15) is 4.79 Å². The first-order chi connectivity index (χ1) is 8.75. The minimum atomic E-state index is 0. The molecule has 0 aromatic carbocycles. The first-order valence-electron chi connectivity index (χ1n) is 6.62. The number of carbonyl (C=O) groups excluding carboxylic acids is 1. The van der Waals surface area contributed by atoms with E-state index in [-0.39, 0.29) is 30.7 Å². The molecular formula is C14H23Cl2N3O. The van der Waals surface area contributed by atoms with Crippen LogP contribution in [0.1, 0.15) is 24.8 Å². The molecule has 4 nitrogen and oxygen atoms in total. The fourth-order valence-electron chi connectivity index (χ4n) is 2.27. The number of halogens is 2. The Morgan fingerprint density at radius 3 is 2.70 bits per heavy atom. The maximum absolute atomic E-state index is 12.0. The van der Waals surface area contributed by atoms with Gasteiger partial charge in [0.25, 0.3) is 0 Å². The summed E-state index contributed by atoms with van der Waals surface area (Å²) < 4.78 is 0. The minimum Gasteiger partial charge on any atom is -0.345 e. The van der Waals surface area contributed by atoms with Gasteiger partial charge in [-0.3, -0.25) is 9.78 Å². The van der Waals surface area contributed by atoms with E-state index < -0.39 is 0 Å². The fourth-order valence-corrected chi connectivity index (χ4v) is 2.27. The number of hydrogen-bond acceptors (Lipinski definition) is 3. The Kier molecular flexibility index (Phi) is 9.55. The van der Waals surface area contributed by atoms with E-state index in [0.717, 1.165) is 25.9 Å². The molecule has 6 heteroatoms. The highest BCUT2D eigenvalue weighted by Crippen LogP contribution is 2.10. The van der Waals surface area contributed by atoms with E-state index in [2.05, 4.69) is 10.3 Å². The van der Waals surface area contributed by atoms with Crippen LogP contribution in [0, 0.1) is 0 Å². The molecule has 1 aliphatic heterocycles. The van der Waals surface area contributed by atoms with E-state index in [1.54, 1.807) is 12.4 Å². The predicted molar refractivity (Wildman–Crippen MR) is 85.7 cm³/mol. The third kappa shape index (κ3) is 6.07. The van der Waals surface area contributed by atoms with Crippen LogP contribution >= 0.6 is 24.8 Å². The number of aromatic nitrogens is 1. The summed E-state index contributed by atoms with van der Waals surface area (Å²) in [7, 11) is 1.89. The quantitative estimate of drug-likeness (QED) is 0.903. The fraction of sp³-hybridized carbons (Fsp3) is 0.571. The van der Waals surface area contributed by atoms with Crippen LogP contribution in [0.25, 0.3) is 0 Å². The summed E-state index contributed by atoms with van der Waals surface area (Å²) >= 11 is 0. The van der Waals surface area contributed by atoms with Gasteiger partial charge < -0.3 is 10.2 Å². The van der Waals surface area contributed by atoms with Crippen LogP contribution in [0.3, 0.4) is 0 Å². The summed E-state index contributed by atoms with van der Waals surface area (Å²) in [6, 6.07) is 4.38. The molecule has 1 aromatic heterocycles. The number of nitrogens with one attached hydrogen (secondary N) is 1. The molecule has 1 N–H and O–H groups in total. The van der Waals surface area contributed by atoms with Gasteiger partial charge in [0, 0.05) is 38.4 Å². The lowest BCUT2D eigenvalue weighted by Crippen LogP contribution is -2.34. The van der Waals surface area contributed by atoms with Crippen molar-refractivity contribution >= 4 is 30.7 Å². The highest BCUT2D eigenvalue weighted by Gasteiger charge is 2.19. The van der Waals surface area contributed by atoms with Crippen LogP contribution in [0.15, 0.2) is 24.5 Å². The zero-order valence-electron chi connectivity index (χ0n) is 11.7. The second kappa shape index (κ2) is 9.97. The van der Waals surface area contributed by atoms with Gasteiger partial charge in [-0.05, 0) is 43.5 Å². The molecule has 2 heterocycles. The molecule has 1 aliphatic rings.